The van der Waals surface area contributed by atoms with Crippen LogP contribution in [-0.4, -0.2) is 84.4 Å². The number of halogens is 8. The Hall–Kier alpha value is -7.78. The van der Waals surface area contributed by atoms with Crippen molar-refractivity contribution in [2.24, 2.45) is 0 Å². The summed E-state index contributed by atoms with van der Waals surface area (Å²) in [6, 6.07) is 24.3. The van der Waals surface area contributed by atoms with Gasteiger partial charge in [0.15, 0.2) is 0 Å². The number of carbonyl (C=O) groups excluding carboxylic acids is 2. The molecule has 374 valence electrons. The van der Waals surface area contributed by atoms with Gasteiger partial charge in [-0.25, -0.2) is 23.1 Å². The maximum atomic E-state index is 14.7. The molecule has 4 heterocycles. The lowest BCUT2D eigenvalue weighted by molar-refractivity contribution is -0.137. The zero-order chi connectivity index (χ0) is 51.2. The maximum Gasteiger partial charge on any atom is 0.417 e. The third-order valence-corrected chi connectivity index (χ3v) is 11.9. The van der Waals surface area contributed by atoms with Gasteiger partial charge in [-0.2, -0.15) is 13.2 Å². The van der Waals surface area contributed by atoms with Crippen LogP contribution < -0.4 is 29.9 Å². The molecule has 0 aliphatic carbocycles. The number of anilines is 4. The van der Waals surface area contributed by atoms with Gasteiger partial charge in [-0.05, 0) is 84.9 Å². The number of alkyl halides is 3. The van der Waals surface area contributed by atoms with Crippen molar-refractivity contribution in [2.45, 2.75) is 6.18 Å². The molecule has 0 spiro atoms. The fourth-order valence-corrected chi connectivity index (χ4v) is 7.83. The van der Waals surface area contributed by atoms with Gasteiger partial charge in [0, 0.05) is 61.6 Å². The average Bonchev–Trinajstić information content (AvgIpc) is 3.38. The topological polar surface area (TPSA) is 153 Å². The van der Waals surface area contributed by atoms with E-state index in [2.05, 4.69) is 40.4 Å². The number of ether oxygens (including phenoxy) is 4. The Morgan fingerprint density at radius 3 is 1.38 bits per heavy atom. The second kappa shape index (κ2) is 21.9. The molecule has 2 amide bonds. The molecule has 73 heavy (non-hydrogen) atoms. The molecule has 2 aliphatic heterocycles. The molecule has 0 radical (unpaired) electrons. The van der Waals surface area contributed by atoms with Gasteiger partial charge in [0.1, 0.15) is 52.1 Å². The van der Waals surface area contributed by atoms with Gasteiger partial charge in [0.05, 0.1) is 87.9 Å². The zero-order valence-corrected chi connectivity index (χ0v) is 39.4. The van der Waals surface area contributed by atoms with Crippen molar-refractivity contribution < 1.29 is 54.9 Å². The number of hydrogen-bond donors (Lipinski definition) is 2. The van der Waals surface area contributed by atoms with E-state index in [0.29, 0.717) is 85.0 Å². The Kier molecular flexibility index (Phi) is 15.1. The molecule has 0 saturated carbocycles. The van der Waals surface area contributed by atoms with Crippen LogP contribution in [0.3, 0.4) is 0 Å². The highest BCUT2D eigenvalue weighted by Crippen LogP contribution is 2.36. The summed E-state index contributed by atoms with van der Waals surface area (Å²) in [4.78, 5) is 47.2. The average molecular weight is 1040 g/mol. The van der Waals surface area contributed by atoms with Crippen molar-refractivity contribution in [1.29, 1.82) is 0 Å². The van der Waals surface area contributed by atoms with E-state index in [1.54, 1.807) is 48.8 Å². The van der Waals surface area contributed by atoms with E-state index in [9.17, 15) is 35.9 Å². The Morgan fingerprint density at radius 2 is 0.945 bits per heavy atom. The van der Waals surface area contributed by atoms with Gasteiger partial charge in [-0.3, -0.25) is 19.6 Å². The number of nitrogens with one attached hydrogen (secondary N) is 2. The highest BCUT2D eigenvalue weighted by atomic mass is 35.5. The van der Waals surface area contributed by atoms with Crippen LogP contribution >= 0.6 is 23.2 Å². The summed E-state index contributed by atoms with van der Waals surface area (Å²) < 4.78 is 105. The van der Waals surface area contributed by atoms with Crippen LogP contribution in [0.4, 0.5) is 49.4 Å². The normalized spacial score (nSPS) is 13.8. The second-order valence-electron chi connectivity index (χ2n) is 16.2. The second-order valence-corrected chi connectivity index (χ2v) is 17.0. The van der Waals surface area contributed by atoms with Gasteiger partial charge < -0.3 is 39.4 Å². The lowest BCUT2D eigenvalue weighted by atomic mass is 10.1. The van der Waals surface area contributed by atoms with Crippen molar-refractivity contribution in [1.82, 2.24) is 19.9 Å². The molecule has 0 unspecified atom stereocenters. The van der Waals surface area contributed by atoms with Crippen LogP contribution in [-0.2, 0) is 15.7 Å². The van der Waals surface area contributed by atoms with Crippen molar-refractivity contribution >= 4 is 80.1 Å². The van der Waals surface area contributed by atoms with Gasteiger partial charge in [0.25, 0.3) is 11.8 Å². The number of nitrogens with zero attached hydrogens (tertiary/aromatic N) is 6. The summed E-state index contributed by atoms with van der Waals surface area (Å²) in [7, 11) is 0. The predicted octanol–water partition coefficient (Wildman–Crippen LogP) is 11.8. The van der Waals surface area contributed by atoms with Crippen molar-refractivity contribution in [3.63, 3.8) is 0 Å². The predicted molar refractivity (Wildman–Crippen MR) is 262 cm³/mol. The molecule has 0 atom stereocenters. The van der Waals surface area contributed by atoms with E-state index >= 15 is 0 Å². The highest BCUT2D eigenvalue weighted by molar-refractivity contribution is 6.31. The third kappa shape index (κ3) is 12.3. The van der Waals surface area contributed by atoms with Crippen molar-refractivity contribution in [3.8, 4) is 23.0 Å². The van der Waals surface area contributed by atoms with Gasteiger partial charge in [-0.15, -0.1) is 0 Å². The van der Waals surface area contributed by atoms with E-state index in [0.717, 1.165) is 49.2 Å². The van der Waals surface area contributed by atoms with Gasteiger partial charge in [-0.1, -0.05) is 23.2 Å². The number of hydrogen-bond acceptors (Lipinski definition) is 12. The van der Waals surface area contributed by atoms with E-state index in [4.69, 9.17) is 42.1 Å². The van der Waals surface area contributed by atoms with E-state index in [1.807, 2.05) is 0 Å². The molecule has 2 fully saturated rings. The summed E-state index contributed by atoms with van der Waals surface area (Å²) in [5.41, 5.74) is 0.834. The third-order valence-electron chi connectivity index (χ3n) is 11.2. The minimum atomic E-state index is -4.74. The first-order valence-corrected chi connectivity index (χ1v) is 23.0. The fourth-order valence-electron chi connectivity index (χ4n) is 7.48. The summed E-state index contributed by atoms with van der Waals surface area (Å²) in [5.74, 6) is -1.19. The number of benzene rings is 6. The molecule has 14 nitrogen and oxygen atoms in total. The Labute approximate surface area is 421 Å². The molecule has 8 aromatic rings. The van der Waals surface area contributed by atoms with Crippen molar-refractivity contribution in [3.05, 3.63) is 166 Å². The number of morpholine rings is 2. The Bertz CT molecular complexity index is 3360. The van der Waals surface area contributed by atoms with Crippen LogP contribution in [0.2, 0.25) is 10.0 Å². The van der Waals surface area contributed by atoms with E-state index < -0.39 is 46.0 Å². The lowest BCUT2D eigenvalue weighted by Gasteiger charge is -2.27. The summed E-state index contributed by atoms with van der Waals surface area (Å²) in [5, 5.41) is 4.03. The largest absolute Gasteiger partial charge is 0.457 e. The summed E-state index contributed by atoms with van der Waals surface area (Å²) in [6.07, 6.45) is -1.31. The number of fused-ring (bicyclic) bond motifs is 2. The molecule has 6 aromatic carbocycles. The number of rotatable bonds is 10. The van der Waals surface area contributed by atoms with Gasteiger partial charge >= 0.3 is 6.18 Å². The Balaban J connectivity index is 0.000000180. The SMILES string of the molecule is O=C(Nc1ccc(Oc2ccc3ncc(N4CCOCC4)nc3c2)cc1F)c1ccc(Cl)c(C(F)(F)F)c1.O=C(Nc1ccc(Oc2ccc3ncc(N4CCOCC4)nc3c2)cc1F)c1ccc(Cl)c(F)c1. The Morgan fingerprint density at radius 1 is 0.521 bits per heavy atom. The van der Waals surface area contributed by atoms with Crippen molar-refractivity contribution in [2.75, 3.05) is 73.0 Å². The molecule has 2 aliphatic rings. The molecular formula is C51H38Cl2F6N8O6. The van der Waals surface area contributed by atoms with Crippen LogP contribution in [0.5, 0.6) is 23.0 Å². The number of carbonyl (C=O) groups is 2. The molecule has 0 bridgehead atoms. The molecule has 10 rings (SSSR count). The van der Waals surface area contributed by atoms with Crippen LogP contribution in [0.1, 0.15) is 26.3 Å². The minimum absolute atomic E-state index is 0.0142. The first kappa shape index (κ1) is 50.2. The standard InChI is InChI=1S/C26H19ClF4N4O3.C25H19ClF2N4O3/c27-19-4-1-15(11-18(19)26(29,30)31)25(36)34-21-5-2-16(12-20(21)28)38-17-3-6-22-23(13-17)33-24(14-32-22)35-7-9-37-10-8-35;26-18-4-1-15(11-19(18)27)25(33)31-21-5-2-16(12-20(21)28)35-17-3-6-22-23(13-17)30-24(14-29-22)32-7-9-34-10-8-32/h1-6,11-14H,7-10H2,(H,34,36);1-6,11-14H,7-10H2,(H,31,33). The monoisotopic (exact) mass is 1040 g/mol. The number of aromatic nitrogens is 4. The number of amides is 2. The minimum Gasteiger partial charge on any atom is -0.457 e. The quantitative estimate of drug-likeness (QED) is 0.125. The molecule has 22 heteroatoms. The van der Waals surface area contributed by atoms with Crippen LogP contribution in [0, 0.1) is 17.5 Å². The molecule has 2 saturated heterocycles. The fraction of sp³-hybridized carbons (Fsp3) is 0.176. The molecular weight excluding hydrogens is 1010 g/mol. The summed E-state index contributed by atoms with van der Waals surface area (Å²) in [6.45, 7) is 5.40. The van der Waals surface area contributed by atoms with E-state index in [1.165, 1.54) is 36.4 Å². The molecule has 2 N–H and O–H groups in total. The van der Waals surface area contributed by atoms with Crippen LogP contribution in [0.15, 0.2) is 122 Å². The van der Waals surface area contributed by atoms with E-state index in [-0.39, 0.29) is 39.0 Å². The zero-order valence-electron chi connectivity index (χ0n) is 37.9. The lowest BCUT2D eigenvalue weighted by Crippen LogP contribution is -2.36. The van der Waals surface area contributed by atoms with Crippen LogP contribution in [0.25, 0.3) is 22.1 Å². The molecule has 2 aromatic heterocycles. The summed E-state index contributed by atoms with van der Waals surface area (Å²) >= 11 is 11.2. The smallest absolute Gasteiger partial charge is 0.417 e. The van der Waals surface area contributed by atoms with Gasteiger partial charge in [0.2, 0.25) is 0 Å². The first-order valence-electron chi connectivity index (χ1n) is 22.2. The maximum absolute atomic E-state index is 14.7. The first-order chi connectivity index (χ1) is 35.1. The highest BCUT2D eigenvalue weighted by Gasteiger charge is 2.34.